The van der Waals surface area contributed by atoms with Gasteiger partial charge in [-0.3, -0.25) is 0 Å². The number of fused-ring (bicyclic) bond motifs is 1. The third kappa shape index (κ3) is 4.92. The van der Waals surface area contributed by atoms with E-state index in [1.165, 1.54) is 0 Å². The van der Waals surface area contributed by atoms with Crippen LogP contribution < -0.4 is 15.5 Å². The number of carbonyl (C=O) groups excluding carboxylic acids is 2. The van der Waals surface area contributed by atoms with Crippen LogP contribution in [0.2, 0.25) is 0 Å². The Labute approximate surface area is 210 Å². The van der Waals surface area contributed by atoms with Crippen LogP contribution >= 0.6 is 0 Å². The summed E-state index contributed by atoms with van der Waals surface area (Å²) < 4.78 is 0. The molecule has 11 heteroatoms. The second kappa shape index (κ2) is 10.0. The molecule has 2 aliphatic rings. The molecule has 190 valence electrons. The van der Waals surface area contributed by atoms with Gasteiger partial charge in [0.25, 0.3) is 0 Å². The van der Waals surface area contributed by atoms with Gasteiger partial charge in [-0.15, -0.1) is 0 Å². The van der Waals surface area contributed by atoms with Gasteiger partial charge in [0.05, 0.1) is 5.39 Å². The fraction of sp³-hybridized carbons (Fsp3) is 0.440. The van der Waals surface area contributed by atoms with Crippen LogP contribution in [-0.4, -0.2) is 101 Å². The van der Waals surface area contributed by atoms with Crippen molar-refractivity contribution >= 4 is 40.3 Å². The molecule has 1 atom stereocenters. The van der Waals surface area contributed by atoms with Crippen LogP contribution in [0.15, 0.2) is 36.8 Å². The van der Waals surface area contributed by atoms with Crippen LogP contribution in [0.4, 0.5) is 26.8 Å². The van der Waals surface area contributed by atoms with Gasteiger partial charge >= 0.3 is 12.1 Å². The zero-order valence-corrected chi connectivity index (χ0v) is 21.0. The lowest BCUT2D eigenvalue weighted by Crippen LogP contribution is -2.55. The maximum atomic E-state index is 13.1. The number of anilines is 3. The van der Waals surface area contributed by atoms with Crippen LogP contribution in [0.1, 0.15) is 12.5 Å². The fourth-order valence-corrected chi connectivity index (χ4v) is 4.87. The number of carbonyl (C=O) groups is 2. The molecule has 3 N–H and O–H groups in total. The van der Waals surface area contributed by atoms with Gasteiger partial charge in [-0.25, -0.2) is 19.6 Å². The number of hydrogen-bond acceptors (Lipinski definition) is 6. The molecule has 0 radical (unpaired) electrons. The van der Waals surface area contributed by atoms with E-state index in [2.05, 4.69) is 42.4 Å². The predicted octanol–water partition coefficient (Wildman–Crippen LogP) is 2.79. The van der Waals surface area contributed by atoms with Crippen molar-refractivity contribution in [1.82, 2.24) is 29.7 Å². The van der Waals surface area contributed by atoms with E-state index >= 15 is 0 Å². The molecule has 11 nitrogen and oxygen atoms in total. The zero-order chi connectivity index (χ0) is 25.2. The molecular weight excluding hydrogens is 458 g/mol. The summed E-state index contributed by atoms with van der Waals surface area (Å²) in [5.74, 6) is 0.898. The largest absolute Gasteiger partial charge is 0.352 e. The molecule has 1 aromatic carbocycles. The van der Waals surface area contributed by atoms with Gasteiger partial charge in [0.2, 0.25) is 0 Å². The van der Waals surface area contributed by atoms with Gasteiger partial charge in [0.15, 0.2) is 0 Å². The van der Waals surface area contributed by atoms with E-state index < -0.39 is 0 Å². The van der Waals surface area contributed by atoms with Crippen molar-refractivity contribution in [1.29, 1.82) is 0 Å². The van der Waals surface area contributed by atoms with Gasteiger partial charge in [-0.2, -0.15) is 0 Å². The lowest BCUT2D eigenvalue weighted by Gasteiger charge is -2.40. The highest BCUT2D eigenvalue weighted by atomic mass is 16.2. The van der Waals surface area contributed by atoms with E-state index in [0.717, 1.165) is 35.5 Å². The number of benzene rings is 1. The van der Waals surface area contributed by atoms with Crippen molar-refractivity contribution in [3.63, 3.8) is 0 Å². The van der Waals surface area contributed by atoms with E-state index in [-0.39, 0.29) is 18.1 Å². The summed E-state index contributed by atoms with van der Waals surface area (Å²) in [6.07, 6.45) is 3.52. The summed E-state index contributed by atoms with van der Waals surface area (Å²) in [4.78, 5) is 45.9. The molecule has 0 aliphatic carbocycles. The van der Waals surface area contributed by atoms with E-state index in [9.17, 15) is 9.59 Å². The van der Waals surface area contributed by atoms with Crippen LogP contribution in [0.5, 0.6) is 0 Å². The molecule has 2 saturated heterocycles. The maximum absolute atomic E-state index is 13.1. The molecule has 0 saturated carbocycles. The summed E-state index contributed by atoms with van der Waals surface area (Å²) in [6, 6.07) is 6.99. The Morgan fingerprint density at radius 2 is 1.72 bits per heavy atom. The number of aromatic amines is 1. The number of piperazine rings is 2. The van der Waals surface area contributed by atoms with Crippen LogP contribution in [0.25, 0.3) is 11.0 Å². The first-order valence-corrected chi connectivity index (χ1v) is 12.3. The van der Waals surface area contributed by atoms with Crippen LogP contribution in [0, 0.1) is 6.92 Å². The summed E-state index contributed by atoms with van der Waals surface area (Å²) >= 11 is 0. The Morgan fingerprint density at radius 3 is 2.44 bits per heavy atom. The predicted molar refractivity (Wildman–Crippen MR) is 141 cm³/mol. The van der Waals surface area contributed by atoms with Crippen molar-refractivity contribution in [3.8, 4) is 0 Å². The summed E-state index contributed by atoms with van der Waals surface area (Å²) in [5, 5.41) is 6.97. The minimum atomic E-state index is -0.157. The van der Waals surface area contributed by atoms with Crippen molar-refractivity contribution in [3.05, 3.63) is 42.4 Å². The zero-order valence-electron chi connectivity index (χ0n) is 21.0. The van der Waals surface area contributed by atoms with Gasteiger partial charge < -0.3 is 35.2 Å². The molecule has 2 aliphatic heterocycles. The maximum Gasteiger partial charge on any atom is 0.322 e. The van der Waals surface area contributed by atoms with Gasteiger partial charge in [-0.05, 0) is 44.7 Å². The number of amides is 4. The Balaban J connectivity index is 1.20. The van der Waals surface area contributed by atoms with Crippen molar-refractivity contribution in [2.24, 2.45) is 0 Å². The number of hydrogen-bond donors (Lipinski definition) is 3. The third-order valence-corrected chi connectivity index (χ3v) is 6.99. The van der Waals surface area contributed by atoms with Crippen LogP contribution in [0.3, 0.4) is 0 Å². The molecule has 36 heavy (non-hydrogen) atoms. The SMILES string of the molecule is Cc1c[nH]c2ncnc(N3CCN(C(=O)Nc4cccc(NC(=O)N5CCN(C)CC5)c4)[C@@H](C)C3)c12. The monoisotopic (exact) mass is 491 g/mol. The first kappa shape index (κ1) is 23.9. The molecule has 3 aromatic rings. The number of rotatable bonds is 3. The summed E-state index contributed by atoms with van der Waals surface area (Å²) in [7, 11) is 2.06. The van der Waals surface area contributed by atoms with E-state index in [0.29, 0.717) is 44.1 Å². The number of likely N-dealkylation sites (N-methyl/N-ethyl adjacent to an activating group) is 1. The lowest BCUT2D eigenvalue weighted by molar-refractivity contribution is 0.164. The normalized spacial score (nSPS) is 19.0. The van der Waals surface area contributed by atoms with E-state index in [1.807, 2.05) is 48.0 Å². The second-order valence-electron chi connectivity index (χ2n) is 9.61. The summed E-state index contributed by atoms with van der Waals surface area (Å²) in [6.45, 7) is 9.13. The Bertz CT molecular complexity index is 1250. The van der Waals surface area contributed by atoms with E-state index in [4.69, 9.17) is 0 Å². The van der Waals surface area contributed by atoms with Crippen LogP contribution in [-0.2, 0) is 0 Å². The Kier molecular flexibility index (Phi) is 6.64. The average Bonchev–Trinajstić information content (AvgIpc) is 3.25. The number of aryl methyl sites for hydroxylation is 1. The topological polar surface area (TPSA) is 113 Å². The highest BCUT2D eigenvalue weighted by molar-refractivity contribution is 5.93. The fourth-order valence-electron chi connectivity index (χ4n) is 4.87. The average molecular weight is 492 g/mol. The van der Waals surface area contributed by atoms with E-state index in [1.54, 1.807) is 12.4 Å². The van der Waals surface area contributed by atoms with Gasteiger partial charge in [0.1, 0.15) is 17.8 Å². The van der Waals surface area contributed by atoms with Gasteiger partial charge in [-0.1, -0.05) is 6.07 Å². The number of nitrogens with zero attached hydrogens (tertiary/aromatic N) is 6. The molecule has 0 bridgehead atoms. The van der Waals surface area contributed by atoms with Crippen molar-refractivity contribution in [2.45, 2.75) is 19.9 Å². The Morgan fingerprint density at radius 1 is 1.00 bits per heavy atom. The minimum absolute atomic E-state index is 0.0110. The quantitative estimate of drug-likeness (QED) is 0.519. The molecular formula is C25H33N9O2. The van der Waals surface area contributed by atoms with Crippen molar-refractivity contribution in [2.75, 3.05) is 68.4 Å². The third-order valence-electron chi connectivity index (χ3n) is 6.99. The lowest BCUT2D eigenvalue weighted by atomic mass is 10.1. The first-order valence-electron chi connectivity index (χ1n) is 12.3. The molecule has 0 unspecified atom stereocenters. The molecule has 5 rings (SSSR count). The number of H-pyrrole nitrogens is 1. The highest BCUT2D eigenvalue weighted by Crippen LogP contribution is 2.28. The number of nitrogens with one attached hydrogen (secondary N) is 3. The standard InChI is InChI=1S/C25H33N9O2/c1-17-14-26-22-21(17)23(28-16-27-22)33-11-12-34(18(2)15-33)25(36)30-20-6-4-5-19(13-20)29-24(35)32-9-7-31(3)8-10-32/h4-6,13-14,16,18H,7-12,15H2,1-3H3,(H,29,35)(H,30,36)(H,26,27,28)/t18-/m0/s1. The molecule has 4 amide bonds. The molecule has 2 aromatic heterocycles. The molecule has 0 spiro atoms. The Hall–Kier alpha value is -3.86. The molecule has 2 fully saturated rings. The summed E-state index contributed by atoms with van der Waals surface area (Å²) in [5.41, 5.74) is 3.23. The molecule has 4 heterocycles. The van der Waals surface area contributed by atoms with Gasteiger partial charge in [0, 0.05) is 69.4 Å². The second-order valence-corrected chi connectivity index (χ2v) is 9.61. The smallest absolute Gasteiger partial charge is 0.322 e. The first-order chi connectivity index (χ1) is 17.4. The van der Waals surface area contributed by atoms with Crippen molar-refractivity contribution < 1.29 is 9.59 Å². The number of urea groups is 2. The highest BCUT2D eigenvalue weighted by Gasteiger charge is 2.29. The minimum Gasteiger partial charge on any atom is -0.352 e. The number of aromatic nitrogens is 3.